The summed E-state index contributed by atoms with van der Waals surface area (Å²) in [5, 5.41) is 7.65. The predicted octanol–water partition coefficient (Wildman–Crippen LogP) is 2.33. The summed E-state index contributed by atoms with van der Waals surface area (Å²) in [6.07, 6.45) is 8.95. The van der Waals surface area contributed by atoms with Crippen LogP contribution in [-0.4, -0.2) is 19.7 Å². The van der Waals surface area contributed by atoms with Gasteiger partial charge in [-0.25, -0.2) is 9.97 Å². The molecular formula is C15H15N5. The van der Waals surface area contributed by atoms with E-state index < -0.39 is 0 Å². The van der Waals surface area contributed by atoms with Gasteiger partial charge in [0, 0.05) is 30.7 Å². The molecule has 3 rings (SSSR count). The Morgan fingerprint density at radius 3 is 2.55 bits per heavy atom. The zero-order chi connectivity index (χ0) is 13.6. The summed E-state index contributed by atoms with van der Waals surface area (Å²) in [5.74, 6) is 0. The second-order valence-corrected chi connectivity index (χ2v) is 4.51. The number of hydrogen-bond donors (Lipinski definition) is 1. The van der Waals surface area contributed by atoms with Gasteiger partial charge in [-0.15, -0.1) is 0 Å². The molecule has 0 radical (unpaired) electrons. The Labute approximate surface area is 117 Å². The second kappa shape index (κ2) is 5.97. The molecule has 1 aromatic carbocycles. The summed E-state index contributed by atoms with van der Waals surface area (Å²) in [5.41, 5.74) is 3.27. The van der Waals surface area contributed by atoms with Crippen molar-refractivity contribution >= 4 is 5.69 Å². The van der Waals surface area contributed by atoms with Crippen molar-refractivity contribution in [2.75, 3.05) is 5.32 Å². The van der Waals surface area contributed by atoms with Crippen LogP contribution in [0.1, 0.15) is 11.1 Å². The van der Waals surface area contributed by atoms with Crippen LogP contribution in [0.4, 0.5) is 5.69 Å². The first-order valence-electron chi connectivity index (χ1n) is 6.44. The van der Waals surface area contributed by atoms with Gasteiger partial charge in [-0.1, -0.05) is 30.3 Å². The van der Waals surface area contributed by atoms with Crippen LogP contribution in [0.3, 0.4) is 0 Å². The van der Waals surface area contributed by atoms with Crippen LogP contribution in [0.25, 0.3) is 0 Å². The minimum Gasteiger partial charge on any atom is -0.378 e. The van der Waals surface area contributed by atoms with Crippen molar-refractivity contribution in [1.82, 2.24) is 19.7 Å². The highest BCUT2D eigenvalue weighted by Gasteiger charge is 2.00. The Morgan fingerprint density at radius 2 is 1.75 bits per heavy atom. The first kappa shape index (κ1) is 12.3. The van der Waals surface area contributed by atoms with Crippen LogP contribution < -0.4 is 5.32 Å². The maximum Gasteiger partial charge on any atom is 0.115 e. The van der Waals surface area contributed by atoms with Crippen molar-refractivity contribution < 1.29 is 0 Å². The highest BCUT2D eigenvalue weighted by Crippen LogP contribution is 2.09. The van der Waals surface area contributed by atoms with Crippen molar-refractivity contribution in [2.24, 2.45) is 0 Å². The molecule has 0 spiro atoms. The second-order valence-electron chi connectivity index (χ2n) is 4.51. The third kappa shape index (κ3) is 3.20. The molecule has 3 aromatic rings. The molecule has 0 fully saturated rings. The lowest BCUT2D eigenvalue weighted by Gasteiger charge is -2.03. The van der Waals surface area contributed by atoms with Crippen molar-refractivity contribution in [3.05, 3.63) is 72.6 Å². The molecule has 0 atom stereocenters. The standard InChI is InChI=1S/C15H15N5/c1-2-4-13(5-3-1)10-20-11-15(9-19-20)18-8-14-6-16-12-17-7-14/h1-7,9,11-12,18H,8,10H2. The molecule has 0 unspecified atom stereocenters. The lowest BCUT2D eigenvalue weighted by Crippen LogP contribution is -2.01. The smallest absolute Gasteiger partial charge is 0.115 e. The van der Waals surface area contributed by atoms with Gasteiger partial charge in [-0.2, -0.15) is 5.10 Å². The fourth-order valence-electron chi connectivity index (χ4n) is 1.94. The Kier molecular flexibility index (Phi) is 3.68. The molecule has 1 N–H and O–H groups in total. The molecule has 5 heteroatoms. The van der Waals surface area contributed by atoms with E-state index >= 15 is 0 Å². The van der Waals surface area contributed by atoms with Crippen LogP contribution in [0.5, 0.6) is 0 Å². The Bertz CT molecular complexity index is 648. The molecule has 0 bridgehead atoms. The van der Waals surface area contributed by atoms with E-state index in [2.05, 4.69) is 32.5 Å². The van der Waals surface area contributed by atoms with Gasteiger partial charge in [0.05, 0.1) is 18.4 Å². The number of benzene rings is 1. The number of nitrogens with zero attached hydrogens (tertiary/aromatic N) is 4. The summed E-state index contributed by atoms with van der Waals surface area (Å²) < 4.78 is 1.92. The van der Waals surface area contributed by atoms with E-state index in [0.717, 1.165) is 17.8 Å². The van der Waals surface area contributed by atoms with Gasteiger partial charge < -0.3 is 5.32 Å². The van der Waals surface area contributed by atoms with E-state index in [1.165, 1.54) is 11.9 Å². The molecular weight excluding hydrogens is 250 g/mol. The van der Waals surface area contributed by atoms with E-state index in [0.29, 0.717) is 6.54 Å². The summed E-state index contributed by atoms with van der Waals surface area (Å²) in [7, 11) is 0. The third-order valence-electron chi connectivity index (χ3n) is 2.93. The molecule has 5 nitrogen and oxygen atoms in total. The lowest BCUT2D eigenvalue weighted by atomic mass is 10.2. The Morgan fingerprint density at radius 1 is 0.950 bits per heavy atom. The summed E-state index contributed by atoms with van der Waals surface area (Å²) in [4.78, 5) is 7.97. The SMILES string of the molecule is c1ccc(Cn2cc(NCc3cncnc3)cn2)cc1. The molecule has 0 aliphatic rings. The van der Waals surface area contributed by atoms with Crippen molar-refractivity contribution in [3.8, 4) is 0 Å². The lowest BCUT2D eigenvalue weighted by molar-refractivity contribution is 0.687. The zero-order valence-corrected chi connectivity index (χ0v) is 11.0. The van der Waals surface area contributed by atoms with E-state index in [4.69, 9.17) is 0 Å². The third-order valence-corrected chi connectivity index (χ3v) is 2.93. The van der Waals surface area contributed by atoms with E-state index in [1.807, 2.05) is 35.3 Å². The first-order chi connectivity index (χ1) is 9.90. The maximum atomic E-state index is 4.35. The van der Waals surface area contributed by atoms with Gasteiger partial charge in [-0.3, -0.25) is 4.68 Å². The molecule has 2 heterocycles. The number of nitrogens with one attached hydrogen (secondary N) is 1. The monoisotopic (exact) mass is 265 g/mol. The number of aromatic nitrogens is 4. The zero-order valence-electron chi connectivity index (χ0n) is 11.0. The van der Waals surface area contributed by atoms with Crippen molar-refractivity contribution in [3.63, 3.8) is 0 Å². The van der Waals surface area contributed by atoms with Gasteiger partial charge in [0.2, 0.25) is 0 Å². The summed E-state index contributed by atoms with van der Waals surface area (Å²) in [6.45, 7) is 1.47. The molecule has 20 heavy (non-hydrogen) atoms. The summed E-state index contributed by atoms with van der Waals surface area (Å²) in [6, 6.07) is 10.3. The molecule has 0 saturated heterocycles. The minimum atomic E-state index is 0.692. The fourth-order valence-corrected chi connectivity index (χ4v) is 1.94. The maximum absolute atomic E-state index is 4.35. The Balaban J connectivity index is 1.60. The average Bonchev–Trinajstić information content (AvgIpc) is 2.95. The summed E-state index contributed by atoms with van der Waals surface area (Å²) >= 11 is 0. The van der Waals surface area contributed by atoms with Gasteiger partial charge in [-0.05, 0) is 5.56 Å². The average molecular weight is 265 g/mol. The predicted molar refractivity (Wildman–Crippen MR) is 77.1 cm³/mol. The normalized spacial score (nSPS) is 10.4. The molecule has 0 amide bonds. The fraction of sp³-hybridized carbons (Fsp3) is 0.133. The van der Waals surface area contributed by atoms with Crippen LogP contribution in [0.15, 0.2) is 61.4 Å². The van der Waals surface area contributed by atoms with Gasteiger partial charge in [0.25, 0.3) is 0 Å². The first-order valence-corrected chi connectivity index (χ1v) is 6.44. The molecule has 100 valence electrons. The van der Waals surface area contributed by atoms with Crippen LogP contribution in [-0.2, 0) is 13.1 Å². The van der Waals surface area contributed by atoms with Gasteiger partial charge >= 0.3 is 0 Å². The highest BCUT2D eigenvalue weighted by molar-refractivity contribution is 5.39. The number of rotatable bonds is 5. The molecule has 2 aromatic heterocycles. The molecule has 0 aliphatic heterocycles. The minimum absolute atomic E-state index is 0.692. The van der Waals surface area contributed by atoms with Gasteiger partial charge in [0.1, 0.15) is 6.33 Å². The molecule has 0 saturated carbocycles. The van der Waals surface area contributed by atoms with E-state index in [1.54, 1.807) is 12.4 Å². The Hall–Kier alpha value is -2.69. The number of anilines is 1. The van der Waals surface area contributed by atoms with Crippen molar-refractivity contribution in [1.29, 1.82) is 0 Å². The molecule has 0 aliphatic carbocycles. The van der Waals surface area contributed by atoms with E-state index in [-0.39, 0.29) is 0 Å². The van der Waals surface area contributed by atoms with Crippen LogP contribution in [0, 0.1) is 0 Å². The quantitative estimate of drug-likeness (QED) is 0.769. The van der Waals surface area contributed by atoms with Crippen LogP contribution in [0.2, 0.25) is 0 Å². The topological polar surface area (TPSA) is 55.6 Å². The van der Waals surface area contributed by atoms with Crippen LogP contribution >= 0.6 is 0 Å². The van der Waals surface area contributed by atoms with Crippen molar-refractivity contribution in [2.45, 2.75) is 13.1 Å². The highest BCUT2D eigenvalue weighted by atomic mass is 15.3. The number of hydrogen-bond acceptors (Lipinski definition) is 4. The largest absolute Gasteiger partial charge is 0.378 e. The van der Waals surface area contributed by atoms with Gasteiger partial charge in [0.15, 0.2) is 0 Å². The van der Waals surface area contributed by atoms with E-state index in [9.17, 15) is 0 Å².